The molecule has 0 saturated carbocycles. The normalized spacial score (nSPS) is 11.9. The number of esters is 1. The molecular formula is C23H24O6. The number of rotatable bonds is 7. The molecule has 152 valence electrons. The van der Waals surface area contributed by atoms with Crippen molar-refractivity contribution in [1.82, 2.24) is 0 Å². The molecule has 0 saturated heterocycles. The topological polar surface area (TPSA) is 75.0 Å². The van der Waals surface area contributed by atoms with Gasteiger partial charge in [-0.15, -0.1) is 0 Å². The van der Waals surface area contributed by atoms with Crippen LogP contribution in [0.15, 0.2) is 51.9 Å². The first-order valence-electron chi connectivity index (χ1n) is 9.56. The molecule has 0 fully saturated rings. The molecule has 6 heteroatoms. The van der Waals surface area contributed by atoms with Crippen molar-refractivity contribution in [2.75, 3.05) is 6.61 Å². The van der Waals surface area contributed by atoms with Crippen molar-refractivity contribution >= 4 is 16.9 Å². The van der Waals surface area contributed by atoms with Crippen molar-refractivity contribution in [2.45, 2.75) is 40.2 Å². The first-order chi connectivity index (χ1) is 13.9. The molecule has 0 unspecified atom stereocenters. The van der Waals surface area contributed by atoms with Gasteiger partial charge in [-0.25, -0.2) is 4.79 Å². The summed E-state index contributed by atoms with van der Waals surface area (Å²) in [5.41, 5.74) is 2.02. The van der Waals surface area contributed by atoms with E-state index in [-0.39, 0.29) is 17.8 Å². The Morgan fingerprint density at radius 3 is 2.59 bits per heavy atom. The van der Waals surface area contributed by atoms with Gasteiger partial charge in [-0.2, -0.15) is 0 Å². The molecule has 0 radical (unpaired) electrons. The van der Waals surface area contributed by atoms with E-state index in [0.717, 1.165) is 11.1 Å². The Hall–Kier alpha value is -3.28. The largest absolute Gasteiger partial charge is 0.479 e. The zero-order valence-electron chi connectivity index (χ0n) is 17.0. The van der Waals surface area contributed by atoms with Gasteiger partial charge in [0.05, 0.1) is 12.0 Å². The van der Waals surface area contributed by atoms with Crippen LogP contribution in [-0.2, 0) is 9.53 Å². The van der Waals surface area contributed by atoms with Crippen molar-refractivity contribution in [2.24, 2.45) is 0 Å². The van der Waals surface area contributed by atoms with E-state index in [1.165, 1.54) is 6.26 Å². The van der Waals surface area contributed by atoms with Gasteiger partial charge < -0.3 is 18.6 Å². The monoisotopic (exact) mass is 396 g/mol. The molecule has 1 atom stereocenters. The summed E-state index contributed by atoms with van der Waals surface area (Å²) in [6.45, 7) is 7.73. The van der Waals surface area contributed by atoms with Crippen molar-refractivity contribution in [3.05, 3.63) is 64.0 Å². The molecule has 0 aliphatic carbocycles. The highest BCUT2D eigenvalue weighted by Crippen LogP contribution is 2.27. The first-order valence-corrected chi connectivity index (χ1v) is 9.56. The lowest BCUT2D eigenvalue weighted by atomic mass is 10.1. The van der Waals surface area contributed by atoms with E-state index in [0.29, 0.717) is 28.9 Å². The van der Waals surface area contributed by atoms with Crippen molar-refractivity contribution < 1.29 is 23.4 Å². The minimum Gasteiger partial charge on any atom is -0.479 e. The second kappa shape index (κ2) is 8.82. The van der Waals surface area contributed by atoms with E-state index in [1.807, 2.05) is 39.0 Å². The first kappa shape index (κ1) is 20.5. The molecule has 0 bridgehead atoms. The van der Waals surface area contributed by atoms with Gasteiger partial charge in [-0.3, -0.25) is 4.79 Å². The predicted octanol–water partition coefficient (Wildman–Crippen LogP) is 4.92. The minimum atomic E-state index is -0.717. The highest BCUT2D eigenvalue weighted by atomic mass is 16.6. The molecule has 3 rings (SSSR count). The number of benzene rings is 2. The maximum atomic E-state index is 12.8. The molecule has 1 aromatic heterocycles. The van der Waals surface area contributed by atoms with E-state index >= 15 is 0 Å². The molecular weight excluding hydrogens is 372 g/mol. The fourth-order valence-electron chi connectivity index (χ4n) is 2.87. The number of hydrogen-bond acceptors (Lipinski definition) is 6. The van der Waals surface area contributed by atoms with Crippen LogP contribution in [0.1, 0.15) is 31.4 Å². The molecule has 1 heterocycles. The average Bonchev–Trinajstić information content (AvgIpc) is 2.71. The van der Waals surface area contributed by atoms with Crippen LogP contribution in [0.2, 0.25) is 0 Å². The predicted molar refractivity (Wildman–Crippen MR) is 110 cm³/mol. The number of ether oxygens (including phenoxy) is 3. The van der Waals surface area contributed by atoms with E-state index in [4.69, 9.17) is 18.6 Å². The number of carbonyl (C=O) groups is 1. The summed E-state index contributed by atoms with van der Waals surface area (Å²) in [5, 5.41) is 0.365. The Balaban J connectivity index is 1.88. The quantitative estimate of drug-likeness (QED) is 0.528. The van der Waals surface area contributed by atoms with Crippen LogP contribution >= 0.6 is 0 Å². The van der Waals surface area contributed by atoms with Gasteiger partial charge in [0, 0.05) is 6.07 Å². The molecule has 0 spiro atoms. The third-order valence-corrected chi connectivity index (χ3v) is 4.48. The van der Waals surface area contributed by atoms with Crippen molar-refractivity contribution in [3.63, 3.8) is 0 Å². The summed E-state index contributed by atoms with van der Waals surface area (Å²) in [6.07, 6.45) is 1.04. The van der Waals surface area contributed by atoms with E-state index in [9.17, 15) is 9.59 Å². The van der Waals surface area contributed by atoms with Crippen LogP contribution in [0, 0.1) is 13.8 Å². The minimum absolute atomic E-state index is 0.109. The van der Waals surface area contributed by atoms with E-state index in [1.54, 1.807) is 25.1 Å². The third-order valence-electron chi connectivity index (χ3n) is 4.48. The van der Waals surface area contributed by atoms with Crippen LogP contribution < -0.4 is 14.9 Å². The smallest absolute Gasteiger partial charge is 0.347 e. The second-order valence-corrected chi connectivity index (χ2v) is 6.72. The summed E-state index contributed by atoms with van der Waals surface area (Å²) < 4.78 is 22.1. The van der Waals surface area contributed by atoms with Crippen LogP contribution in [0.5, 0.6) is 17.2 Å². The van der Waals surface area contributed by atoms with Crippen LogP contribution in [0.3, 0.4) is 0 Å². The summed E-state index contributed by atoms with van der Waals surface area (Å²) >= 11 is 0. The zero-order valence-corrected chi connectivity index (χ0v) is 17.0. The summed E-state index contributed by atoms with van der Waals surface area (Å²) in [7, 11) is 0. The second-order valence-electron chi connectivity index (χ2n) is 6.72. The van der Waals surface area contributed by atoms with Gasteiger partial charge in [-0.05, 0) is 56.5 Å². The Morgan fingerprint density at radius 2 is 1.86 bits per heavy atom. The highest BCUT2D eigenvalue weighted by Gasteiger charge is 2.20. The molecule has 0 aliphatic heterocycles. The Morgan fingerprint density at radius 1 is 1.07 bits per heavy atom. The van der Waals surface area contributed by atoms with Crippen molar-refractivity contribution in [1.29, 1.82) is 0 Å². The lowest BCUT2D eigenvalue weighted by Gasteiger charge is -2.16. The Bertz CT molecular complexity index is 1080. The Labute approximate surface area is 169 Å². The molecule has 6 nitrogen and oxygen atoms in total. The van der Waals surface area contributed by atoms with Crippen LogP contribution in [-0.4, -0.2) is 18.7 Å². The number of carbonyl (C=O) groups excluding carboxylic acids is 1. The highest BCUT2D eigenvalue weighted by molar-refractivity contribution is 5.79. The van der Waals surface area contributed by atoms with Crippen molar-refractivity contribution in [3.8, 4) is 17.2 Å². The molecule has 2 aromatic carbocycles. The lowest BCUT2D eigenvalue weighted by Crippen LogP contribution is -2.28. The Kier molecular flexibility index (Phi) is 6.22. The summed E-state index contributed by atoms with van der Waals surface area (Å²) in [4.78, 5) is 24.7. The van der Waals surface area contributed by atoms with Gasteiger partial charge in [0.15, 0.2) is 6.10 Å². The molecule has 3 aromatic rings. The van der Waals surface area contributed by atoms with Gasteiger partial charge in [-0.1, -0.05) is 19.1 Å². The molecule has 0 amide bonds. The number of aryl methyl sites for hydroxylation is 2. The maximum Gasteiger partial charge on any atom is 0.347 e. The SMILES string of the molecule is CCOC(=O)[C@@H](CC)Oc1ccc2c(=O)c(Oc3cc(C)ccc3C)coc2c1. The van der Waals surface area contributed by atoms with Gasteiger partial charge >= 0.3 is 5.97 Å². The zero-order chi connectivity index (χ0) is 21.0. The van der Waals surface area contributed by atoms with Gasteiger partial charge in [0.2, 0.25) is 11.2 Å². The standard InChI is InChI=1S/C23H24O6/c1-5-18(23(25)26-6-2)28-16-9-10-17-20(12-16)27-13-21(22(17)24)29-19-11-14(3)7-8-15(19)4/h7-13,18H,5-6H2,1-4H3/t18-/m1/s1. The molecule has 0 aliphatic rings. The fourth-order valence-corrected chi connectivity index (χ4v) is 2.87. The van der Waals surface area contributed by atoms with Crippen LogP contribution in [0.25, 0.3) is 11.0 Å². The average molecular weight is 396 g/mol. The summed E-state index contributed by atoms with van der Waals surface area (Å²) in [6, 6.07) is 10.6. The summed E-state index contributed by atoms with van der Waals surface area (Å²) in [5.74, 6) is 0.715. The van der Waals surface area contributed by atoms with E-state index in [2.05, 4.69) is 0 Å². The number of fused-ring (bicyclic) bond motifs is 1. The third kappa shape index (κ3) is 4.59. The maximum absolute atomic E-state index is 12.8. The van der Waals surface area contributed by atoms with Gasteiger partial charge in [0.1, 0.15) is 23.3 Å². The van der Waals surface area contributed by atoms with Gasteiger partial charge in [0.25, 0.3) is 0 Å². The molecule has 0 N–H and O–H groups in total. The fraction of sp³-hybridized carbons (Fsp3) is 0.304. The van der Waals surface area contributed by atoms with Crippen LogP contribution in [0.4, 0.5) is 0 Å². The number of hydrogen-bond donors (Lipinski definition) is 0. The van der Waals surface area contributed by atoms with E-state index < -0.39 is 12.1 Å². The lowest BCUT2D eigenvalue weighted by molar-refractivity contribution is -0.151. The molecule has 29 heavy (non-hydrogen) atoms.